The highest BCUT2D eigenvalue weighted by Crippen LogP contribution is 2.27. The van der Waals surface area contributed by atoms with Crippen molar-refractivity contribution in [2.24, 2.45) is 0 Å². The molecule has 0 aliphatic heterocycles. The summed E-state index contributed by atoms with van der Waals surface area (Å²) in [6, 6.07) is 4.33. The Labute approximate surface area is 101 Å². The summed E-state index contributed by atoms with van der Waals surface area (Å²) in [5.41, 5.74) is 0.332. The number of ether oxygens (including phenoxy) is 1. The topological polar surface area (TPSA) is 70.6 Å². The molecule has 0 spiro atoms. The molecule has 0 fully saturated rings. The van der Waals surface area contributed by atoms with Crippen LogP contribution in [0.3, 0.4) is 0 Å². The Bertz CT molecular complexity index is 380. The number of unbranched alkanes of at least 4 members (excludes halogenated alkanes) is 1. The average Bonchev–Trinajstić information content (AvgIpc) is 2.32. The molecule has 0 heterocycles. The SMILES string of the molecule is CCCCNC(=O)Nc1cc(OC)ccc1O. The highest BCUT2D eigenvalue weighted by Gasteiger charge is 2.06. The fourth-order valence-electron chi connectivity index (χ4n) is 1.29. The number of hydrogen-bond donors (Lipinski definition) is 3. The molecule has 1 aromatic rings. The normalized spacial score (nSPS) is 9.76. The van der Waals surface area contributed by atoms with Gasteiger partial charge in [-0.05, 0) is 18.6 Å². The highest BCUT2D eigenvalue weighted by molar-refractivity contribution is 5.91. The van der Waals surface area contributed by atoms with Gasteiger partial charge in [-0.1, -0.05) is 13.3 Å². The number of hydrogen-bond acceptors (Lipinski definition) is 3. The van der Waals surface area contributed by atoms with Crippen molar-refractivity contribution in [1.82, 2.24) is 5.32 Å². The van der Waals surface area contributed by atoms with Crippen LogP contribution in [0.1, 0.15) is 19.8 Å². The molecule has 5 nitrogen and oxygen atoms in total. The minimum absolute atomic E-state index is 0.0106. The van der Waals surface area contributed by atoms with Gasteiger partial charge in [0, 0.05) is 12.6 Å². The van der Waals surface area contributed by atoms with E-state index < -0.39 is 0 Å². The number of urea groups is 1. The molecule has 0 aliphatic rings. The average molecular weight is 238 g/mol. The number of methoxy groups -OCH3 is 1. The van der Waals surface area contributed by atoms with E-state index in [1.807, 2.05) is 6.92 Å². The first-order valence-electron chi connectivity index (χ1n) is 5.59. The van der Waals surface area contributed by atoms with Crippen LogP contribution in [0.25, 0.3) is 0 Å². The van der Waals surface area contributed by atoms with Crippen LogP contribution >= 0.6 is 0 Å². The number of rotatable bonds is 5. The molecule has 17 heavy (non-hydrogen) atoms. The summed E-state index contributed by atoms with van der Waals surface area (Å²) >= 11 is 0. The van der Waals surface area contributed by atoms with Crippen molar-refractivity contribution in [3.8, 4) is 11.5 Å². The summed E-state index contributed by atoms with van der Waals surface area (Å²) < 4.78 is 5.01. The van der Waals surface area contributed by atoms with Gasteiger partial charge in [0.05, 0.1) is 12.8 Å². The maximum atomic E-state index is 11.5. The van der Waals surface area contributed by atoms with Crippen molar-refractivity contribution >= 4 is 11.7 Å². The summed E-state index contributed by atoms with van der Waals surface area (Å²) in [5, 5.41) is 14.8. The van der Waals surface area contributed by atoms with Crippen molar-refractivity contribution in [2.45, 2.75) is 19.8 Å². The molecule has 0 saturated heterocycles. The van der Waals surface area contributed by atoms with E-state index in [1.54, 1.807) is 12.1 Å². The number of carbonyl (C=O) groups excluding carboxylic acids is 1. The number of amides is 2. The van der Waals surface area contributed by atoms with E-state index in [1.165, 1.54) is 13.2 Å². The van der Waals surface area contributed by atoms with Gasteiger partial charge in [0.2, 0.25) is 0 Å². The first-order valence-corrected chi connectivity index (χ1v) is 5.59. The van der Waals surface area contributed by atoms with Gasteiger partial charge in [-0.15, -0.1) is 0 Å². The van der Waals surface area contributed by atoms with Crippen molar-refractivity contribution in [3.63, 3.8) is 0 Å². The van der Waals surface area contributed by atoms with E-state index in [-0.39, 0.29) is 11.8 Å². The second kappa shape index (κ2) is 6.62. The molecule has 0 radical (unpaired) electrons. The number of nitrogens with one attached hydrogen (secondary N) is 2. The van der Waals surface area contributed by atoms with Crippen LogP contribution in [0.4, 0.5) is 10.5 Å². The lowest BCUT2D eigenvalue weighted by atomic mass is 10.2. The smallest absolute Gasteiger partial charge is 0.319 e. The van der Waals surface area contributed by atoms with Gasteiger partial charge in [-0.3, -0.25) is 0 Å². The van der Waals surface area contributed by atoms with Crippen LogP contribution < -0.4 is 15.4 Å². The third-order valence-corrected chi connectivity index (χ3v) is 2.27. The Balaban J connectivity index is 2.57. The predicted molar refractivity (Wildman–Crippen MR) is 66.6 cm³/mol. The number of carbonyl (C=O) groups is 1. The number of phenolic OH excluding ortho intramolecular Hbond substituents is 1. The first-order chi connectivity index (χ1) is 8.17. The standard InChI is InChI=1S/C12H18N2O3/c1-3-4-7-13-12(16)14-10-8-9(17-2)5-6-11(10)15/h5-6,8,15H,3-4,7H2,1-2H3,(H2,13,14,16). The van der Waals surface area contributed by atoms with Crippen molar-refractivity contribution in [2.75, 3.05) is 19.0 Å². The van der Waals surface area contributed by atoms with Gasteiger partial charge >= 0.3 is 6.03 Å². The van der Waals surface area contributed by atoms with Gasteiger partial charge in [0.1, 0.15) is 11.5 Å². The van der Waals surface area contributed by atoms with Crippen molar-refractivity contribution < 1.29 is 14.6 Å². The largest absolute Gasteiger partial charge is 0.506 e. The van der Waals surface area contributed by atoms with E-state index in [0.717, 1.165) is 12.8 Å². The minimum Gasteiger partial charge on any atom is -0.506 e. The van der Waals surface area contributed by atoms with Gasteiger partial charge in [0.15, 0.2) is 0 Å². The van der Waals surface area contributed by atoms with Gasteiger partial charge in [-0.25, -0.2) is 4.79 Å². The molecule has 94 valence electrons. The molecule has 0 bridgehead atoms. The molecule has 0 aromatic heterocycles. The third-order valence-electron chi connectivity index (χ3n) is 2.27. The molecular weight excluding hydrogens is 220 g/mol. The molecule has 0 saturated carbocycles. The lowest BCUT2D eigenvalue weighted by Gasteiger charge is -2.10. The third kappa shape index (κ3) is 4.22. The Morgan fingerprint density at radius 2 is 2.24 bits per heavy atom. The van der Waals surface area contributed by atoms with E-state index >= 15 is 0 Å². The van der Waals surface area contributed by atoms with E-state index in [0.29, 0.717) is 18.0 Å². The van der Waals surface area contributed by atoms with Gasteiger partial charge in [0.25, 0.3) is 0 Å². The van der Waals surface area contributed by atoms with Crippen LogP contribution in [0, 0.1) is 0 Å². The maximum absolute atomic E-state index is 11.5. The Kier molecular flexibility index (Phi) is 5.13. The summed E-state index contributed by atoms with van der Waals surface area (Å²) in [7, 11) is 1.53. The zero-order valence-electron chi connectivity index (χ0n) is 10.1. The Hall–Kier alpha value is -1.91. The maximum Gasteiger partial charge on any atom is 0.319 e. The molecular formula is C12H18N2O3. The highest BCUT2D eigenvalue weighted by atomic mass is 16.5. The number of aromatic hydroxyl groups is 1. The van der Waals surface area contributed by atoms with Crippen LogP contribution in [0.15, 0.2) is 18.2 Å². The molecule has 1 rings (SSSR count). The molecule has 1 aromatic carbocycles. The molecule has 2 amide bonds. The minimum atomic E-state index is -0.331. The summed E-state index contributed by atoms with van der Waals surface area (Å²) in [4.78, 5) is 11.5. The predicted octanol–water partition coefficient (Wildman–Crippen LogP) is 2.32. The fourth-order valence-corrected chi connectivity index (χ4v) is 1.29. The van der Waals surface area contributed by atoms with E-state index in [2.05, 4.69) is 10.6 Å². The molecule has 0 aliphatic carbocycles. The Morgan fingerprint density at radius 1 is 1.47 bits per heavy atom. The van der Waals surface area contributed by atoms with Crippen LogP contribution in [-0.4, -0.2) is 24.8 Å². The van der Waals surface area contributed by atoms with E-state index in [9.17, 15) is 9.90 Å². The van der Waals surface area contributed by atoms with Gasteiger partial charge in [-0.2, -0.15) is 0 Å². The molecule has 5 heteroatoms. The number of phenols is 1. The zero-order chi connectivity index (χ0) is 12.7. The van der Waals surface area contributed by atoms with Crippen LogP contribution in [0.5, 0.6) is 11.5 Å². The van der Waals surface area contributed by atoms with Gasteiger partial charge < -0.3 is 20.5 Å². The molecule has 0 unspecified atom stereocenters. The lowest BCUT2D eigenvalue weighted by molar-refractivity contribution is 0.252. The number of benzene rings is 1. The van der Waals surface area contributed by atoms with E-state index in [4.69, 9.17) is 4.74 Å². The monoisotopic (exact) mass is 238 g/mol. The second-order valence-electron chi connectivity index (χ2n) is 3.62. The van der Waals surface area contributed by atoms with Crippen LogP contribution in [-0.2, 0) is 0 Å². The lowest BCUT2D eigenvalue weighted by Crippen LogP contribution is -2.29. The summed E-state index contributed by atoms with van der Waals surface area (Å²) in [6.45, 7) is 2.67. The number of anilines is 1. The molecule has 0 atom stereocenters. The quantitative estimate of drug-likeness (QED) is 0.544. The summed E-state index contributed by atoms with van der Waals surface area (Å²) in [5.74, 6) is 0.586. The second-order valence-corrected chi connectivity index (χ2v) is 3.62. The fraction of sp³-hybridized carbons (Fsp3) is 0.417. The first kappa shape index (κ1) is 13.2. The Morgan fingerprint density at radius 3 is 2.88 bits per heavy atom. The zero-order valence-corrected chi connectivity index (χ0v) is 10.1. The summed E-state index contributed by atoms with van der Waals surface area (Å²) in [6.07, 6.45) is 1.95. The van der Waals surface area contributed by atoms with Crippen molar-refractivity contribution in [3.05, 3.63) is 18.2 Å². The van der Waals surface area contributed by atoms with Crippen LogP contribution in [0.2, 0.25) is 0 Å². The molecule has 3 N–H and O–H groups in total. The van der Waals surface area contributed by atoms with Crippen molar-refractivity contribution in [1.29, 1.82) is 0 Å².